The summed E-state index contributed by atoms with van der Waals surface area (Å²) >= 11 is 0. The van der Waals surface area contributed by atoms with Crippen LogP contribution in [0.3, 0.4) is 0 Å². The molecule has 0 bridgehead atoms. The van der Waals surface area contributed by atoms with Gasteiger partial charge in [-0.25, -0.2) is 0 Å². The molecule has 0 saturated heterocycles. The van der Waals surface area contributed by atoms with E-state index in [0.29, 0.717) is 18.4 Å². The van der Waals surface area contributed by atoms with Crippen LogP contribution in [0.25, 0.3) is 0 Å². The predicted octanol–water partition coefficient (Wildman–Crippen LogP) is 2.32. The first-order valence-corrected chi connectivity index (χ1v) is 5.68. The third kappa shape index (κ3) is 1.40. The van der Waals surface area contributed by atoms with E-state index in [1.165, 1.54) is 6.08 Å². The summed E-state index contributed by atoms with van der Waals surface area (Å²) in [5.41, 5.74) is 2.63. The Morgan fingerprint density at radius 2 is 2.18 bits per heavy atom. The van der Waals surface area contributed by atoms with Crippen molar-refractivity contribution in [2.45, 2.75) is 19.3 Å². The molecule has 0 spiro atoms. The Bertz CT molecular complexity index is 549. The molecule has 4 nitrogen and oxygen atoms in total. The lowest BCUT2D eigenvalue weighted by Gasteiger charge is -2.17. The fourth-order valence-corrected chi connectivity index (χ4v) is 2.80. The zero-order valence-corrected chi connectivity index (χ0v) is 9.18. The Kier molecular flexibility index (Phi) is 2.11. The molecule has 0 aromatic heterocycles. The summed E-state index contributed by atoms with van der Waals surface area (Å²) in [5, 5.41) is 10.7. The lowest BCUT2D eigenvalue weighted by Crippen LogP contribution is -2.08. The Morgan fingerprint density at radius 3 is 2.94 bits per heavy atom. The lowest BCUT2D eigenvalue weighted by molar-refractivity contribution is -0.428. The molecular weight excluding hydrogens is 218 g/mol. The minimum absolute atomic E-state index is 0.0200. The largest absolute Gasteiger partial charge is 0.289 e. The summed E-state index contributed by atoms with van der Waals surface area (Å²) in [6.45, 7) is 0. The van der Waals surface area contributed by atoms with Crippen molar-refractivity contribution in [1.82, 2.24) is 0 Å². The van der Waals surface area contributed by atoms with Gasteiger partial charge in [0.2, 0.25) is 5.70 Å². The molecule has 0 heterocycles. The molecule has 0 aromatic rings. The van der Waals surface area contributed by atoms with Gasteiger partial charge in [-0.15, -0.1) is 0 Å². The molecule has 1 atom stereocenters. The van der Waals surface area contributed by atoms with E-state index in [1.807, 2.05) is 18.2 Å². The van der Waals surface area contributed by atoms with Crippen molar-refractivity contribution in [3.05, 3.63) is 56.8 Å². The number of carbonyl (C=O) groups excluding carboxylic acids is 1. The molecular formula is C13H11NO3. The molecule has 0 N–H and O–H groups in total. The highest BCUT2D eigenvalue weighted by molar-refractivity contribution is 6.14. The van der Waals surface area contributed by atoms with E-state index in [4.69, 9.17) is 0 Å². The van der Waals surface area contributed by atoms with Crippen LogP contribution in [0.4, 0.5) is 0 Å². The van der Waals surface area contributed by atoms with E-state index in [2.05, 4.69) is 0 Å². The number of Topliss-reactive ketones (excluding diaryl/α,β-unsaturated/α-hetero) is 1. The highest BCUT2D eigenvalue weighted by Gasteiger charge is 2.39. The first-order chi connectivity index (χ1) is 8.18. The van der Waals surface area contributed by atoms with Crippen molar-refractivity contribution in [3.8, 4) is 0 Å². The molecule has 3 aliphatic rings. The fourth-order valence-electron chi connectivity index (χ4n) is 2.80. The number of ketones is 1. The van der Waals surface area contributed by atoms with Gasteiger partial charge in [-0.1, -0.05) is 23.8 Å². The van der Waals surface area contributed by atoms with Gasteiger partial charge in [0.15, 0.2) is 5.78 Å². The Hall–Kier alpha value is -1.97. The summed E-state index contributed by atoms with van der Waals surface area (Å²) in [4.78, 5) is 22.5. The quantitative estimate of drug-likeness (QED) is 0.512. The molecule has 4 heteroatoms. The van der Waals surface area contributed by atoms with Crippen molar-refractivity contribution in [2.24, 2.45) is 5.92 Å². The van der Waals surface area contributed by atoms with Crippen molar-refractivity contribution in [2.75, 3.05) is 0 Å². The van der Waals surface area contributed by atoms with E-state index >= 15 is 0 Å². The fraction of sp³-hybridized carbons (Fsp3) is 0.308. The van der Waals surface area contributed by atoms with Crippen LogP contribution in [0.5, 0.6) is 0 Å². The van der Waals surface area contributed by atoms with E-state index in [-0.39, 0.29) is 22.3 Å². The molecule has 0 amide bonds. The Balaban J connectivity index is 2.06. The van der Waals surface area contributed by atoms with Gasteiger partial charge in [-0.2, -0.15) is 0 Å². The molecule has 3 rings (SSSR count). The third-order valence-electron chi connectivity index (χ3n) is 3.63. The van der Waals surface area contributed by atoms with Gasteiger partial charge in [0.05, 0.1) is 4.92 Å². The molecule has 0 aliphatic heterocycles. The third-order valence-corrected chi connectivity index (χ3v) is 3.63. The minimum Gasteiger partial charge on any atom is -0.289 e. The average molecular weight is 229 g/mol. The predicted molar refractivity (Wildman–Crippen MR) is 61.7 cm³/mol. The molecule has 1 unspecified atom stereocenters. The van der Waals surface area contributed by atoms with Crippen LogP contribution in [-0.4, -0.2) is 10.7 Å². The number of nitro groups is 1. The number of rotatable bonds is 1. The van der Waals surface area contributed by atoms with Crippen LogP contribution in [0.1, 0.15) is 19.3 Å². The number of allylic oxidation sites excluding steroid dienone is 8. The smallest absolute Gasteiger partial charge is 0.247 e. The number of carbonyl (C=O) groups is 1. The average Bonchev–Trinajstić information content (AvgIpc) is 2.64. The van der Waals surface area contributed by atoms with E-state index < -0.39 is 0 Å². The molecule has 17 heavy (non-hydrogen) atoms. The second-order valence-electron chi connectivity index (χ2n) is 4.50. The van der Waals surface area contributed by atoms with Gasteiger partial charge < -0.3 is 0 Å². The normalized spacial score (nSPS) is 26.4. The number of nitrogens with zero attached hydrogens (tertiary/aromatic N) is 1. The Labute approximate surface area is 98.2 Å². The number of hydrogen-bond donors (Lipinski definition) is 0. The maximum Gasteiger partial charge on any atom is 0.247 e. The van der Waals surface area contributed by atoms with Gasteiger partial charge in [-0.3, -0.25) is 14.9 Å². The summed E-state index contributed by atoms with van der Waals surface area (Å²) in [6, 6.07) is 0. The highest BCUT2D eigenvalue weighted by Crippen LogP contribution is 2.44. The topological polar surface area (TPSA) is 60.2 Å². The minimum atomic E-state index is -0.383. The maximum absolute atomic E-state index is 12.1. The van der Waals surface area contributed by atoms with E-state index in [9.17, 15) is 14.9 Å². The van der Waals surface area contributed by atoms with Crippen LogP contribution in [0.2, 0.25) is 0 Å². The maximum atomic E-state index is 12.1. The van der Waals surface area contributed by atoms with Crippen molar-refractivity contribution >= 4 is 5.78 Å². The lowest BCUT2D eigenvalue weighted by atomic mass is 9.86. The molecule has 0 radical (unpaired) electrons. The van der Waals surface area contributed by atoms with Crippen LogP contribution < -0.4 is 0 Å². The van der Waals surface area contributed by atoms with Crippen LogP contribution in [-0.2, 0) is 4.79 Å². The van der Waals surface area contributed by atoms with Crippen LogP contribution >= 0.6 is 0 Å². The number of hydrogen-bond acceptors (Lipinski definition) is 3. The summed E-state index contributed by atoms with van der Waals surface area (Å²) < 4.78 is 0. The zero-order valence-electron chi connectivity index (χ0n) is 9.18. The first-order valence-electron chi connectivity index (χ1n) is 5.68. The molecule has 86 valence electrons. The van der Waals surface area contributed by atoms with Gasteiger partial charge >= 0.3 is 0 Å². The molecule has 0 aromatic carbocycles. The van der Waals surface area contributed by atoms with Gasteiger partial charge in [0.1, 0.15) is 0 Å². The van der Waals surface area contributed by atoms with E-state index in [1.54, 1.807) is 0 Å². The second kappa shape index (κ2) is 3.52. The van der Waals surface area contributed by atoms with Crippen molar-refractivity contribution < 1.29 is 9.72 Å². The molecule has 3 aliphatic carbocycles. The van der Waals surface area contributed by atoms with Crippen molar-refractivity contribution in [1.29, 1.82) is 0 Å². The summed E-state index contributed by atoms with van der Waals surface area (Å²) in [7, 11) is 0. The van der Waals surface area contributed by atoms with Crippen LogP contribution in [0, 0.1) is 16.0 Å². The molecule has 0 saturated carbocycles. The summed E-state index contributed by atoms with van der Waals surface area (Å²) in [6.07, 6.45) is 9.17. The van der Waals surface area contributed by atoms with Gasteiger partial charge in [0, 0.05) is 29.6 Å². The van der Waals surface area contributed by atoms with Crippen LogP contribution in [0.15, 0.2) is 46.7 Å². The summed E-state index contributed by atoms with van der Waals surface area (Å²) in [5.74, 6) is 0.153. The SMILES string of the molecule is O=C1C2=CC=CCC2C2=C1C=C([N+](=O)[O-])CC2. The zero-order chi connectivity index (χ0) is 12.0. The highest BCUT2D eigenvalue weighted by atomic mass is 16.6. The molecule has 0 fully saturated rings. The number of fused-ring (bicyclic) bond motifs is 2. The van der Waals surface area contributed by atoms with E-state index in [0.717, 1.165) is 17.6 Å². The standard InChI is InChI=1S/C13H11NO3/c15-13-11-4-2-1-3-9(11)10-6-5-8(14(16)17)7-12(10)13/h1-2,4,7,9H,3,5-6H2. The van der Waals surface area contributed by atoms with Gasteiger partial charge in [-0.05, 0) is 12.8 Å². The second-order valence-corrected chi connectivity index (χ2v) is 4.50. The van der Waals surface area contributed by atoms with Gasteiger partial charge in [0.25, 0.3) is 0 Å². The Morgan fingerprint density at radius 1 is 1.35 bits per heavy atom. The monoisotopic (exact) mass is 229 g/mol. The first kappa shape index (κ1) is 10.2. The van der Waals surface area contributed by atoms with Crippen molar-refractivity contribution in [3.63, 3.8) is 0 Å².